The zero-order valence-electron chi connectivity index (χ0n) is 23.0. The normalized spacial score (nSPS) is 11.1. The van der Waals surface area contributed by atoms with Crippen LogP contribution in [0.1, 0.15) is 160 Å². The molecule has 0 bridgehead atoms. The van der Waals surface area contributed by atoms with E-state index in [-0.39, 0.29) is 0 Å². The third kappa shape index (κ3) is 20.2. The van der Waals surface area contributed by atoms with Crippen LogP contribution >= 0.6 is 0 Å². The molecule has 1 aromatic rings. The summed E-state index contributed by atoms with van der Waals surface area (Å²) < 4.78 is 5.82. The predicted molar refractivity (Wildman–Crippen MR) is 154 cm³/mol. The van der Waals surface area contributed by atoms with Gasteiger partial charge in [-0.15, -0.1) is 0 Å². The van der Waals surface area contributed by atoms with Crippen LogP contribution in [0.2, 0.25) is 0 Å². The molecule has 0 atom stereocenters. The SMILES string of the molecule is C=Cc1ccc(OCCCCCCCCCCCCCCCCCCCCCCCCC)cc1. The van der Waals surface area contributed by atoms with Crippen molar-refractivity contribution in [2.75, 3.05) is 6.61 Å². The minimum atomic E-state index is 0.840. The highest BCUT2D eigenvalue weighted by molar-refractivity contribution is 5.48. The molecule has 0 saturated heterocycles. The van der Waals surface area contributed by atoms with Crippen molar-refractivity contribution in [2.24, 2.45) is 0 Å². The van der Waals surface area contributed by atoms with E-state index >= 15 is 0 Å². The Balaban J connectivity index is 1.68. The molecule has 1 aromatic carbocycles. The summed E-state index contributed by atoms with van der Waals surface area (Å²) in [6.45, 7) is 6.92. The second kappa shape index (κ2) is 24.9. The van der Waals surface area contributed by atoms with Crippen LogP contribution in [0, 0.1) is 0 Å². The summed E-state index contributed by atoms with van der Waals surface area (Å²) in [5, 5.41) is 0. The van der Waals surface area contributed by atoms with Crippen LogP contribution in [0.5, 0.6) is 5.75 Å². The van der Waals surface area contributed by atoms with E-state index in [4.69, 9.17) is 4.74 Å². The second-order valence-electron chi connectivity index (χ2n) is 10.4. The van der Waals surface area contributed by atoms with Gasteiger partial charge in [-0.3, -0.25) is 0 Å². The Kier molecular flexibility index (Phi) is 22.5. The van der Waals surface area contributed by atoms with Gasteiger partial charge in [0.2, 0.25) is 0 Å². The molecule has 0 N–H and O–H groups in total. The topological polar surface area (TPSA) is 9.23 Å². The van der Waals surface area contributed by atoms with Crippen LogP contribution < -0.4 is 4.74 Å². The highest BCUT2D eigenvalue weighted by Crippen LogP contribution is 2.16. The molecule has 0 fully saturated rings. The monoisotopic (exact) mass is 470 g/mol. The van der Waals surface area contributed by atoms with E-state index in [0.717, 1.165) is 17.9 Å². The Labute approximate surface area is 214 Å². The van der Waals surface area contributed by atoms with Crippen LogP contribution in [0.15, 0.2) is 30.8 Å². The molecule has 0 aliphatic carbocycles. The lowest BCUT2D eigenvalue weighted by molar-refractivity contribution is 0.304. The van der Waals surface area contributed by atoms with Crippen molar-refractivity contribution in [2.45, 2.75) is 155 Å². The van der Waals surface area contributed by atoms with Gasteiger partial charge in [0.1, 0.15) is 5.75 Å². The number of ether oxygens (including phenoxy) is 1. The Morgan fingerprint density at radius 2 is 0.824 bits per heavy atom. The van der Waals surface area contributed by atoms with Gasteiger partial charge in [-0.05, 0) is 24.1 Å². The quantitative estimate of drug-likeness (QED) is 0.122. The average Bonchev–Trinajstić information content (AvgIpc) is 2.87. The lowest BCUT2D eigenvalue weighted by Gasteiger charge is -2.06. The Morgan fingerprint density at radius 1 is 0.500 bits per heavy atom. The maximum absolute atomic E-state index is 5.82. The summed E-state index contributed by atoms with van der Waals surface area (Å²) in [6, 6.07) is 8.19. The van der Waals surface area contributed by atoms with Gasteiger partial charge < -0.3 is 4.74 Å². The minimum Gasteiger partial charge on any atom is -0.494 e. The van der Waals surface area contributed by atoms with E-state index < -0.39 is 0 Å². The summed E-state index contributed by atoms with van der Waals surface area (Å²) in [5.41, 5.74) is 1.15. The highest BCUT2D eigenvalue weighted by atomic mass is 16.5. The van der Waals surface area contributed by atoms with Gasteiger partial charge in [0.25, 0.3) is 0 Å². The molecule has 34 heavy (non-hydrogen) atoms. The van der Waals surface area contributed by atoms with Gasteiger partial charge in [-0.2, -0.15) is 0 Å². The highest BCUT2D eigenvalue weighted by Gasteiger charge is 1.97. The molecule has 0 unspecified atom stereocenters. The van der Waals surface area contributed by atoms with Crippen LogP contribution in [0.4, 0.5) is 0 Å². The summed E-state index contributed by atoms with van der Waals surface area (Å²) in [5.74, 6) is 0.976. The molecule has 1 rings (SSSR count). The number of unbranched alkanes of at least 4 members (excludes halogenated alkanes) is 22. The first-order valence-corrected chi connectivity index (χ1v) is 15.2. The number of rotatable bonds is 26. The lowest BCUT2D eigenvalue weighted by atomic mass is 10.0. The molecule has 0 radical (unpaired) electrons. The molecule has 1 heteroatoms. The standard InChI is InChI=1S/C33H58O/c1-3-5-6-7-8-9-10-11-12-13-14-15-16-17-18-19-20-21-22-23-24-25-26-31-34-33-29-27-32(4-2)28-30-33/h4,27-30H,2-3,5-26,31H2,1H3. The molecule has 0 aliphatic rings. The smallest absolute Gasteiger partial charge is 0.119 e. The van der Waals surface area contributed by atoms with Crippen LogP contribution in [0.3, 0.4) is 0 Å². The fraction of sp³-hybridized carbons (Fsp3) is 0.758. The van der Waals surface area contributed by atoms with Crippen LogP contribution in [0.25, 0.3) is 6.08 Å². The van der Waals surface area contributed by atoms with E-state index in [1.807, 2.05) is 18.2 Å². The van der Waals surface area contributed by atoms with Crippen molar-refractivity contribution in [3.05, 3.63) is 36.4 Å². The van der Waals surface area contributed by atoms with Gasteiger partial charge in [-0.25, -0.2) is 0 Å². The molecule has 0 spiro atoms. The molecule has 0 heterocycles. The number of hydrogen-bond donors (Lipinski definition) is 0. The van der Waals surface area contributed by atoms with Gasteiger partial charge in [0.05, 0.1) is 6.61 Å². The van der Waals surface area contributed by atoms with Crippen LogP contribution in [-0.4, -0.2) is 6.61 Å². The van der Waals surface area contributed by atoms with Gasteiger partial charge in [-0.1, -0.05) is 173 Å². The average molecular weight is 471 g/mol. The van der Waals surface area contributed by atoms with E-state index in [1.54, 1.807) is 0 Å². The van der Waals surface area contributed by atoms with E-state index in [9.17, 15) is 0 Å². The zero-order valence-corrected chi connectivity index (χ0v) is 23.0. The van der Waals surface area contributed by atoms with E-state index in [1.165, 1.54) is 148 Å². The van der Waals surface area contributed by atoms with Crippen molar-refractivity contribution >= 4 is 6.08 Å². The maximum Gasteiger partial charge on any atom is 0.119 e. The van der Waals surface area contributed by atoms with Crippen molar-refractivity contribution in [3.63, 3.8) is 0 Å². The van der Waals surface area contributed by atoms with Gasteiger partial charge in [0, 0.05) is 0 Å². The van der Waals surface area contributed by atoms with Crippen molar-refractivity contribution in [1.29, 1.82) is 0 Å². The largest absolute Gasteiger partial charge is 0.494 e. The molecule has 0 amide bonds. The molecular weight excluding hydrogens is 412 g/mol. The van der Waals surface area contributed by atoms with Crippen molar-refractivity contribution < 1.29 is 4.74 Å². The first kappa shape index (κ1) is 30.8. The summed E-state index contributed by atoms with van der Waals surface area (Å²) in [7, 11) is 0. The third-order valence-corrected chi connectivity index (χ3v) is 7.13. The zero-order chi connectivity index (χ0) is 24.4. The second-order valence-corrected chi connectivity index (χ2v) is 10.4. The van der Waals surface area contributed by atoms with Gasteiger partial charge in [0.15, 0.2) is 0 Å². The number of benzene rings is 1. The summed E-state index contributed by atoms with van der Waals surface area (Å²) in [6.07, 6.45) is 34.8. The first-order chi connectivity index (χ1) is 16.9. The van der Waals surface area contributed by atoms with Crippen LogP contribution in [-0.2, 0) is 0 Å². The van der Waals surface area contributed by atoms with E-state index in [0.29, 0.717) is 0 Å². The Hall–Kier alpha value is -1.24. The third-order valence-electron chi connectivity index (χ3n) is 7.13. The predicted octanol–water partition coefficient (Wildman–Crippen LogP) is 11.7. The molecule has 0 aliphatic heterocycles. The molecule has 0 saturated carbocycles. The van der Waals surface area contributed by atoms with Gasteiger partial charge >= 0.3 is 0 Å². The number of hydrogen-bond acceptors (Lipinski definition) is 1. The summed E-state index contributed by atoms with van der Waals surface area (Å²) >= 11 is 0. The molecular formula is C33H58O. The summed E-state index contributed by atoms with van der Waals surface area (Å²) in [4.78, 5) is 0. The Bertz CT molecular complexity index is 532. The van der Waals surface area contributed by atoms with Crippen molar-refractivity contribution in [1.82, 2.24) is 0 Å². The molecule has 0 aromatic heterocycles. The molecule has 1 nitrogen and oxygen atoms in total. The van der Waals surface area contributed by atoms with Crippen molar-refractivity contribution in [3.8, 4) is 5.75 Å². The lowest BCUT2D eigenvalue weighted by Crippen LogP contribution is -1.97. The minimum absolute atomic E-state index is 0.840. The fourth-order valence-electron chi connectivity index (χ4n) is 4.78. The fourth-order valence-corrected chi connectivity index (χ4v) is 4.78. The van der Waals surface area contributed by atoms with E-state index in [2.05, 4.69) is 25.6 Å². The Morgan fingerprint density at radius 3 is 1.15 bits per heavy atom. The maximum atomic E-state index is 5.82. The first-order valence-electron chi connectivity index (χ1n) is 15.2. The molecule has 196 valence electrons.